The Morgan fingerprint density at radius 1 is 1.14 bits per heavy atom. The average molecular weight is 288 g/mol. The summed E-state index contributed by atoms with van der Waals surface area (Å²) in [6.45, 7) is 2.02. The summed E-state index contributed by atoms with van der Waals surface area (Å²) >= 11 is 0. The van der Waals surface area contributed by atoms with Crippen LogP contribution in [0.2, 0.25) is 0 Å². The number of hydrogen-bond acceptors (Lipinski definition) is 1. The molecule has 0 heterocycles. The van der Waals surface area contributed by atoms with Gasteiger partial charge in [0, 0.05) is 0 Å². The van der Waals surface area contributed by atoms with Gasteiger partial charge in [-0.2, -0.15) is 0 Å². The van der Waals surface area contributed by atoms with E-state index in [4.69, 9.17) is 0 Å². The molecular weight excluding hydrogens is 263 g/mol. The topological polar surface area (TPSA) is 20.2 Å². The van der Waals surface area contributed by atoms with Crippen molar-refractivity contribution < 1.29 is 9.50 Å². The van der Waals surface area contributed by atoms with Crippen molar-refractivity contribution in [1.82, 2.24) is 0 Å². The van der Waals surface area contributed by atoms with Gasteiger partial charge >= 0.3 is 0 Å². The van der Waals surface area contributed by atoms with Crippen molar-refractivity contribution in [2.75, 3.05) is 0 Å². The van der Waals surface area contributed by atoms with Gasteiger partial charge in [0.25, 0.3) is 0 Å². The molecule has 0 amide bonds. The molecule has 1 unspecified atom stereocenters. The lowest BCUT2D eigenvalue weighted by Gasteiger charge is -2.58. The van der Waals surface area contributed by atoms with Gasteiger partial charge in [-0.05, 0) is 98.3 Å². The molecule has 1 aromatic rings. The number of benzene rings is 1. The molecule has 2 heteroatoms. The highest BCUT2D eigenvalue weighted by molar-refractivity contribution is 5.27. The second kappa shape index (κ2) is 4.81. The van der Waals surface area contributed by atoms with Crippen molar-refractivity contribution in [3.05, 3.63) is 35.1 Å². The summed E-state index contributed by atoms with van der Waals surface area (Å²) in [6.07, 6.45) is 8.11. The fraction of sp³-hybridized carbons (Fsp3) is 0.684. The zero-order chi connectivity index (χ0) is 14.6. The Balaban J connectivity index is 1.57. The van der Waals surface area contributed by atoms with E-state index in [0.717, 1.165) is 28.9 Å². The highest BCUT2D eigenvalue weighted by atomic mass is 19.1. The van der Waals surface area contributed by atoms with Crippen LogP contribution in [0.15, 0.2) is 18.2 Å². The first-order valence-electron chi connectivity index (χ1n) is 8.47. The van der Waals surface area contributed by atoms with Gasteiger partial charge in [-0.1, -0.05) is 6.07 Å². The Kier molecular flexibility index (Phi) is 3.15. The molecular formula is C19H25FO. The molecule has 0 radical (unpaired) electrons. The quantitative estimate of drug-likeness (QED) is 0.881. The minimum atomic E-state index is -0.300. The van der Waals surface area contributed by atoms with Crippen LogP contribution in [0.3, 0.4) is 0 Å². The monoisotopic (exact) mass is 288 g/mol. The number of rotatable bonds is 3. The van der Waals surface area contributed by atoms with Crippen LogP contribution >= 0.6 is 0 Å². The zero-order valence-corrected chi connectivity index (χ0v) is 12.8. The first kappa shape index (κ1) is 13.8. The minimum absolute atomic E-state index is 0.132. The Morgan fingerprint density at radius 3 is 2.29 bits per heavy atom. The maximum Gasteiger partial charge on any atom is 0.123 e. The van der Waals surface area contributed by atoms with Crippen LogP contribution in [0.5, 0.6) is 0 Å². The molecule has 1 atom stereocenters. The van der Waals surface area contributed by atoms with Crippen molar-refractivity contribution in [2.24, 2.45) is 23.2 Å². The van der Waals surface area contributed by atoms with E-state index < -0.39 is 0 Å². The molecule has 1 aromatic carbocycles. The van der Waals surface area contributed by atoms with Gasteiger partial charge in [-0.15, -0.1) is 0 Å². The predicted molar refractivity (Wildman–Crippen MR) is 81.5 cm³/mol. The minimum Gasteiger partial charge on any atom is -0.392 e. The lowest BCUT2D eigenvalue weighted by Crippen LogP contribution is -2.52. The van der Waals surface area contributed by atoms with E-state index in [-0.39, 0.29) is 17.3 Å². The summed E-state index contributed by atoms with van der Waals surface area (Å²) < 4.78 is 13.5. The molecule has 1 nitrogen and oxygen atoms in total. The molecule has 114 valence electrons. The fourth-order valence-electron chi connectivity index (χ4n) is 5.87. The third-order valence-electron chi connectivity index (χ3n) is 6.52. The van der Waals surface area contributed by atoms with Crippen LogP contribution in [0.4, 0.5) is 4.39 Å². The molecule has 5 rings (SSSR count). The zero-order valence-electron chi connectivity index (χ0n) is 12.8. The molecule has 0 aliphatic heterocycles. The number of aliphatic hydroxyl groups is 1. The van der Waals surface area contributed by atoms with Gasteiger partial charge in [0.05, 0.1) is 6.10 Å². The van der Waals surface area contributed by atoms with Gasteiger partial charge in [0.1, 0.15) is 5.82 Å². The van der Waals surface area contributed by atoms with Crippen LogP contribution in [-0.2, 0) is 6.42 Å². The summed E-state index contributed by atoms with van der Waals surface area (Å²) in [4.78, 5) is 0. The second-order valence-electron chi connectivity index (χ2n) is 8.07. The smallest absolute Gasteiger partial charge is 0.123 e. The average Bonchev–Trinajstić information content (AvgIpc) is 2.41. The van der Waals surface area contributed by atoms with E-state index in [1.165, 1.54) is 44.6 Å². The van der Waals surface area contributed by atoms with E-state index in [9.17, 15) is 9.50 Å². The van der Waals surface area contributed by atoms with Crippen molar-refractivity contribution in [2.45, 2.75) is 58.0 Å². The largest absolute Gasteiger partial charge is 0.392 e. The maximum absolute atomic E-state index is 13.5. The van der Waals surface area contributed by atoms with Crippen LogP contribution < -0.4 is 0 Å². The predicted octanol–water partition coefficient (Wildman–Crippen LogP) is 4.25. The third kappa shape index (κ3) is 2.32. The summed E-state index contributed by atoms with van der Waals surface area (Å²) in [5.74, 6) is 2.35. The Morgan fingerprint density at radius 2 is 1.71 bits per heavy atom. The van der Waals surface area contributed by atoms with Crippen LogP contribution in [-0.4, -0.2) is 11.2 Å². The van der Waals surface area contributed by atoms with Gasteiger partial charge in [-0.3, -0.25) is 0 Å². The highest BCUT2D eigenvalue weighted by Gasteiger charge is 2.53. The number of aliphatic hydroxyl groups excluding tert-OH is 1. The fourth-order valence-corrected chi connectivity index (χ4v) is 5.87. The molecule has 4 bridgehead atoms. The maximum atomic E-state index is 13.5. The molecule has 1 N–H and O–H groups in total. The number of hydrogen-bond donors (Lipinski definition) is 1. The van der Waals surface area contributed by atoms with E-state index >= 15 is 0 Å². The summed E-state index contributed by atoms with van der Waals surface area (Å²) in [5.41, 5.74) is 2.21. The lowest BCUT2D eigenvalue weighted by atomic mass is 9.48. The normalized spacial score (nSPS) is 38.7. The van der Waals surface area contributed by atoms with Crippen LogP contribution in [0.25, 0.3) is 0 Å². The molecule has 0 spiro atoms. The van der Waals surface area contributed by atoms with E-state index in [0.29, 0.717) is 6.42 Å². The van der Waals surface area contributed by atoms with Crippen LogP contribution in [0, 0.1) is 35.9 Å². The van der Waals surface area contributed by atoms with Crippen LogP contribution in [0.1, 0.15) is 49.7 Å². The van der Waals surface area contributed by atoms with E-state index in [1.807, 2.05) is 13.0 Å². The summed E-state index contributed by atoms with van der Waals surface area (Å²) in [7, 11) is 0. The first-order valence-corrected chi connectivity index (χ1v) is 8.47. The number of halogens is 1. The molecule has 4 aliphatic carbocycles. The van der Waals surface area contributed by atoms with Crippen molar-refractivity contribution in [3.8, 4) is 0 Å². The molecule has 21 heavy (non-hydrogen) atoms. The summed E-state index contributed by atoms with van der Waals surface area (Å²) in [6, 6.07) is 4.95. The van der Waals surface area contributed by atoms with Crippen molar-refractivity contribution in [1.29, 1.82) is 0 Å². The molecule has 0 aromatic heterocycles. The van der Waals surface area contributed by atoms with E-state index in [1.54, 1.807) is 6.07 Å². The molecule has 4 saturated carbocycles. The van der Waals surface area contributed by atoms with Gasteiger partial charge in [-0.25, -0.2) is 4.39 Å². The second-order valence-corrected chi connectivity index (χ2v) is 8.07. The third-order valence-corrected chi connectivity index (χ3v) is 6.52. The number of aryl methyl sites for hydroxylation is 1. The first-order chi connectivity index (χ1) is 10.0. The van der Waals surface area contributed by atoms with Crippen molar-refractivity contribution >= 4 is 0 Å². The molecule has 4 aliphatic rings. The van der Waals surface area contributed by atoms with Gasteiger partial charge in [0.2, 0.25) is 0 Å². The van der Waals surface area contributed by atoms with E-state index in [2.05, 4.69) is 0 Å². The van der Waals surface area contributed by atoms with Gasteiger partial charge < -0.3 is 5.11 Å². The molecule has 0 saturated heterocycles. The lowest BCUT2D eigenvalue weighted by molar-refractivity contribution is -0.119. The molecule has 4 fully saturated rings. The SMILES string of the molecule is Cc1ccc(F)cc1CC(O)C12CC3CC(CC(C3)C1)C2. The highest BCUT2D eigenvalue weighted by Crippen LogP contribution is 2.61. The standard InChI is InChI=1S/C19H25FO/c1-12-2-3-17(20)7-16(12)8-18(21)19-9-13-4-14(10-19)6-15(5-13)11-19/h2-3,7,13-15,18,21H,4-6,8-11H2,1H3. The Hall–Kier alpha value is -0.890. The van der Waals surface area contributed by atoms with Gasteiger partial charge in [0.15, 0.2) is 0 Å². The Bertz CT molecular complexity index is 515. The van der Waals surface area contributed by atoms with Crippen molar-refractivity contribution in [3.63, 3.8) is 0 Å². The Labute approximate surface area is 126 Å². The summed E-state index contributed by atoms with van der Waals surface area (Å²) in [5, 5.41) is 11.0.